The number of aliphatic hydroxyl groups is 1. The van der Waals surface area contributed by atoms with E-state index in [1.807, 2.05) is 13.0 Å². The molecule has 2 rings (SSSR count). The van der Waals surface area contributed by atoms with E-state index in [-0.39, 0.29) is 18.9 Å². The summed E-state index contributed by atoms with van der Waals surface area (Å²) in [7, 11) is 0. The lowest BCUT2D eigenvalue weighted by atomic mass is 10.2. The van der Waals surface area contributed by atoms with E-state index < -0.39 is 4.92 Å². The van der Waals surface area contributed by atoms with Gasteiger partial charge in [0.1, 0.15) is 6.61 Å². The number of rotatable bonds is 7. The zero-order valence-electron chi connectivity index (χ0n) is 12.5. The molecule has 122 valence electrons. The minimum Gasteiger partial charge on any atom is -0.490 e. The van der Waals surface area contributed by atoms with E-state index in [1.54, 1.807) is 18.2 Å². The van der Waals surface area contributed by atoms with Gasteiger partial charge in [0, 0.05) is 12.1 Å². The molecular formula is C16H16INO5. The van der Waals surface area contributed by atoms with Crippen LogP contribution in [0, 0.1) is 13.7 Å². The number of nitrogens with zero attached hydrogens (tertiary/aromatic N) is 1. The third kappa shape index (κ3) is 4.55. The Morgan fingerprint density at radius 2 is 1.87 bits per heavy atom. The molecule has 0 aromatic heterocycles. The number of non-ortho nitro benzene ring substituents is 1. The third-order valence-electron chi connectivity index (χ3n) is 3.08. The molecule has 0 saturated heterocycles. The van der Waals surface area contributed by atoms with Gasteiger partial charge in [0.15, 0.2) is 11.5 Å². The Morgan fingerprint density at radius 3 is 2.43 bits per heavy atom. The standard InChI is InChI=1S/C16H16INO5/c1-2-22-15-8-12(9-19)7-14(17)16(15)23-10-11-3-5-13(6-4-11)18(20)21/h3-8,19H,2,9-10H2,1H3. The van der Waals surface area contributed by atoms with E-state index in [0.29, 0.717) is 18.1 Å². The van der Waals surface area contributed by atoms with E-state index in [9.17, 15) is 15.2 Å². The van der Waals surface area contributed by atoms with Crippen LogP contribution in [0.4, 0.5) is 5.69 Å². The molecule has 2 aromatic carbocycles. The molecule has 0 atom stereocenters. The Balaban J connectivity index is 2.17. The zero-order valence-corrected chi connectivity index (χ0v) is 14.6. The van der Waals surface area contributed by atoms with Crippen LogP contribution in [0.15, 0.2) is 36.4 Å². The summed E-state index contributed by atoms with van der Waals surface area (Å²) in [6.07, 6.45) is 0. The average molecular weight is 429 g/mol. The third-order valence-corrected chi connectivity index (χ3v) is 3.88. The van der Waals surface area contributed by atoms with E-state index in [0.717, 1.165) is 14.7 Å². The highest BCUT2D eigenvalue weighted by molar-refractivity contribution is 14.1. The number of nitro benzene ring substituents is 1. The molecule has 2 aromatic rings. The van der Waals surface area contributed by atoms with Crippen molar-refractivity contribution in [1.29, 1.82) is 0 Å². The van der Waals surface area contributed by atoms with Crippen molar-refractivity contribution in [1.82, 2.24) is 0 Å². The van der Waals surface area contributed by atoms with Crippen molar-refractivity contribution in [2.24, 2.45) is 0 Å². The second-order valence-corrected chi connectivity index (χ2v) is 5.87. The normalized spacial score (nSPS) is 10.4. The second kappa shape index (κ2) is 8.11. The molecule has 23 heavy (non-hydrogen) atoms. The number of hydrogen-bond acceptors (Lipinski definition) is 5. The van der Waals surface area contributed by atoms with Crippen LogP contribution in [0.3, 0.4) is 0 Å². The van der Waals surface area contributed by atoms with Gasteiger partial charge >= 0.3 is 0 Å². The summed E-state index contributed by atoms with van der Waals surface area (Å²) in [5, 5.41) is 19.9. The molecule has 0 aliphatic carbocycles. The van der Waals surface area contributed by atoms with E-state index in [1.165, 1.54) is 12.1 Å². The van der Waals surface area contributed by atoms with Crippen LogP contribution >= 0.6 is 22.6 Å². The molecule has 0 bridgehead atoms. The highest BCUT2D eigenvalue weighted by Gasteiger charge is 2.13. The predicted octanol–water partition coefficient (Wildman–Crippen LogP) is 3.67. The topological polar surface area (TPSA) is 81.8 Å². The van der Waals surface area contributed by atoms with Crippen molar-refractivity contribution < 1.29 is 19.5 Å². The SMILES string of the molecule is CCOc1cc(CO)cc(I)c1OCc1ccc([N+](=O)[O-])cc1. The van der Waals surface area contributed by atoms with Crippen LogP contribution < -0.4 is 9.47 Å². The summed E-state index contributed by atoms with van der Waals surface area (Å²) >= 11 is 2.13. The predicted molar refractivity (Wildman–Crippen MR) is 93.7 cm³/mol. The summed E-state index contributed by atoms with van der Waals surface area (Å²) in [4.78, 5) is 10.2. The number of halogens is 1. The van der Waals surface area contributed by atoms with Crippen LogP contribution in [0.25, 0.3) is 0 Å². The van der Waals surface area contributed by atoms with E-state index in [4.69, 9.17) is 9.47 Å². The first-order chi connectivity index (χ1) is 11.0. The van der Waals surface area contributed by atoms with Gasteiger partial charge in [-0.15, -0.1) is 0 Å². The van der Waals surface area contributed by atoms with Crippen molar-refractivity contribution in [3.05, 3.63) is 61.2 Å². The molecule has 0 radical (unpaired) electrons. The van der Waals surface area contributed by atoms with Gasteiger partial charge in [-0.25, -0.2) is 0 Å². The number of benzene rings is 2. The van der Waals surface area contributed by atoms with Gasteiger partial charge in [-0.05, 0) is 64.9 Å². The Hall–Kier alpha value is -1.87. The molecule has 0 unspecified atom stereocenters. The monoisotopic (exact) mass is 429 g/mol. The van der Waals surface area contributed by atoms with Gasteiger partial charge < -0.3 is 14.6 Å². The molecule has 1 N–H and O–H groups in total. The number of ether oxygens (including phenoxy) is 2. The van der Waals surface area contributed by atoms with Crippen molar-refractivity contribution >= 4 is 28.3 Å². The fourth-order valence-corrected chi connectivity index (χ4v) is 2.81. The summed E-state index contributed by atoms with van der Waals surface area (Å²) in [5.41, 5.74) is 1.62. The minimum absolute atomic E-state index is 0.0469. The fourth-order valence-electron chi connectivity index (χ4n) is 1.99. The first-order valence-corrected chi connectivity index (χ1v) is 8.05. The lowest BCUT2D eigenvalue weighted by Gasteiger charge is -2.15. The molecule has 7 heteroatoms. The second-order valence-electron chi connectivity index (χ2n) is 4.71. The molecule has 0 fully saturated rings. The van der Waals surface area contributed by atoms with Crippen LogP contribution in [-0.2, 0) is 13.2 Å². The van der Waals surface area contributed by atoms with Gasteiger partial charge in [-0.2, -0.15) is 0 Å². The van der Waals surface area contributed by atoms with Gasteiger partial charge in [0.25, 0.3) is 5.69 Å². The number of aliphatic hydroxyl groups excluding tert-OH is 1. The molecule has 0 saturated carbocycles. The molecule has 0 aliphatic rings. The Morgan fingerprint density at radius 1 is 1.17 bits per heavy atom. The molecule has 0 spiro atoms. The minimum atomic E-state index is -0.436. The molecule has 0 heterocycles. The van der Waals surface area contributed by atoms with Crippen molar-refractivity contribution in [3.63, 3.8) is 0 Å². The summed E-state index contributed by atoms with van der Waals surface area (Å²) in [6.45, 7) is 2.56. The zero-order chi connectivity index (χ0) is 16.8. The van der Waals surface area contributed by atoms with Gasteiger partial charge in [-0.3, -0.25) is 10.1 Å². The van der Waals surface area contributed by atoms with Gasteiger partial charge in [-0.1, -0.05) is 0 Å². The van der Waals surface area contributed by atoms with Crippen LogP contribution in [0.1, 0.15) is 18.1 Å². The maximum Gasteiger partial charge on any atom is 0.269 e. The van der Waals surface area contributed by atoms with Gasteiger partial charge in [0.2, 0.25) is 0 Å². The molecule has 0 amide bonds. The number of nitro groups is 1. The lowest BCUT2D eigenvalue weighted by molar-refractivity contribution is -0.384. The highest BCUT2D eigenvalue weighted by Crippen LogP contribution is 2.35. The quantitative estimate of drug-likeness (QED) is 0.413. The van der Waals surface area contributed by atoms with Gasteiger partial charge in [0.05, 0.1) is 21.7 Å². The first kappa shape index (κ1) is 17.5. The first-order valence-electron chi connectivity index (χ1n) is 6.97. The smallest absolute Gasteiger partial charge is 0.269 e. The van der Waals surface area contributed by atoms with Crippen LogP contribution in [0.2, 0.25) is 0 Å². The Labute approximate surface area is 147 Å². The largest absolute Gasteiger partial charge is 0.490 e. The van der Waals surface area contributed by atoms with E-state index in [2.05, 4.69) is 22.6 Å². The maximum atomic E-state index is 10.6. The highest BCUT2D eigenvalue weighted by atomic mass is 127. The Bertz CT molecular complexity index is 688. The van der Waals surface area contributed by atoms with Crippen LogP contribution in [0.5, 0.6) is 11.5 Å². The fraction of sp³-hybridized carbons (Fsp3) is 0.250. The average Bonchev–Trinajstić information content (AvgIpc) is 2.54. The van der Waals surface area contributed by atoms with Crippen molar-refractivity contribution in [2.75, 3.05) is 6.61 Å². The number of hydrogen-bond donors (Lipinski definition) is 1. The molecule has 0 aliphatic heterocycles. The van der Waals surface area contributed by atoms with Crippen molar-refractivity contribution in [2.45, 2.75) is 20.1 Å². The van der Waals surface area contributed by atoms with E-state index >= 15 is 0 Å². The van der Waals surface area contributed by atoms with Crippen molar-refractivity contribution in [3.8, 4) is 11.5 Å². The Kier molecular flexibility index (Phi) is 6.17. The summed E-state index contributed by atoms with van der Waals surface area (Å²) in [5.74, 6) is 1.17. The molecule has 6 nitrogen and oxygen atoms in total. The van der Waals surface area contributed by atoms with Crippen LogP contribution in [-0.4, -0.2) is 16.6 Å². The lowest BCUT2D eigenvalue weighted by Crippen LogP contribution is -2.02. The maximum absolute atomic E-state index is 10.6. The molecular weight excluding hydrogens is 413 g/mol. The summed E-state index contributed by atoms with van der Waals surface area (Å²) < 4.78 is 12.2. The summed E-state index contributed by atoms with van der Waals surface area (Å²) in [6, 6.07) is 9.79.